The number of rotatable bonds is 4. The number of pyridine rings is 1. The Balaban J connectivity index is 1.73. The number of aromatic nitrogens is 1. The number of fused-ring (bicyclic) bond motifs is 1. The average Bonchev–Trinajstić information content (AvgIpc) is 2.51. The fourth-order valence-electron chi connectivity index (χ4n) is 3.02. The molecular weight excluding hydrogens is 301 g/mol. The molecule has 5 heteroatoms. The van der Waals surface area contributed by atoms with Crippen molar-refractivity contribution in [2.45, 2.75) is 32.0 Å². The fourth-order valence-corrected chi connectivity index (χ4v) is 3.27. The van der Waals surface area contributed by atoms with Crippen molar-refractivity contribution in [1.82, 2.24) is 15.6 Å². The first-order valence-electron chi connectivity index (χ1n) is 7.77. The third-order valence-corrected chi connectivity index (χ3v) is 4.60. The SMILES string of the molecule is Cc1ccc2ncc(Cl)c(CCN[C@@H]3CCNC[C@@H]3F)c2c1. The van der Waals surface area contributed by atoms with Crippen molar-refractivity contribution in [3.63, 3.8) is 0 Å². The van der Waals surface area contributed by atoms with Crippen molar-refractivity contribution in [3.8, 4) is 0 Å². The van der Waals surface area contributed by atoms with E-state index in [1.165, 1.54) is 5.56 Å². The smallest absolute Gasteiger partial charge is 0.128 e. The summed E-state index contributed by atoms with van der Waals surface area (Å²) >= 11 is 6.33. The molecule has 0 aliphatic carbocycles. The van der Waals surface area contributed by atoms with Gasteiger partial charge in [0.05, 0.1) is 10.5 Å². The molecule has 2 N–H and O–H groups in total. The summed E-state index contributed by atoms with van der Waals surface area (Å²) in [5.74, 6) is 0. The van der Waals surface area contributed by atoms with Gasteiger partial charge in [-0.1, -0.05) is 23.2 Å². The zero-order valence-corrected chi connectivity index (χ0v) is 13.5. The van der Waals surface area contributed by atoms with Crippen LogP contribution in [0.3, 0.4) is 0 Å². The number of aryl methyl sites for hydroxylation is 1. The quantitative estimate of drug-likeness (QED) is 0.909. The van der Waals surface area contributed by atoms with Crippen LogP contribution in [0.25, 0.3) is 10.9 Å². The second-order valence-corrected chi connectivity index (χ2v) is 6.33. The Morgan fingerprint density at radius 3 is 3.14 bits per heavy atom. The molecule has 1 saturated heterocycles. The predicted octanol–water partition coefficient (Wildman–Crippen LogP) is 3.03. The summed E-state index contributed by atoms with van der Waals surface area (Å²) in [7, 11) is 0. The zero-order chi connectivity index (χ0) is 15.5. The Morgan fingerprint density at radius 1 is 1.45 bits per heavy atom. The van der Waals surface area contributed by atoms with Crippen molar-refractivity contribution >= 4 is 22.5 Å². The minimum Gasteiger partial charge on any atom is -0.314 e. The van der Waals surface area contributed by atoms with Gasteiger partial charge in [-0.25, -0.2) is 4.39 Å². The van der Waals surface area contributed by atoms with E-state index in [2.05, 4.69) is 28.6 Å². The monoisotopic (exact) mass is 321 g/mol. The lowest BCUT2D eigenvalue weighted by Gasteiger charge is -2.27. The maximum atomic E-state index is 13.8. The van der Waals surface area contributed by atoms with Crippen molar-refractivity contribution in [3.05, 3.63) is 40.5 Å². The van der Waals surface area contributed by atoms with Crippen LogP contribution in [0, 0.1) is 6.92 Å². The molecule has 1 aromatic carbocycles. The minimum absolute atomic E-state index is 0.0603. The molecule has 1 aliphatic rings. The molecule has 1 fully saturated rings. The zero-order valence-electron chi connectivity index (χ0n) is 12.7. The van der Waals surface area contributed by atoms with Crippen molar-refractivity contribution in [1.29, 1.82) is 0 Å². The fraction of sp³-hybridized carbons (Fsp3) is 0.471. The molecule has 0 radical (unpaired) electrons. The molecule has 0 amide bonds. The lowest BCUT2D eigenvalue weighted by molar-refractivity contribution is 0.204. The largest absolute Gasteiger partial charge is 0.314 e. The second kappa shape index (κ2) is 6.90. The highest BCUT2D eigenvalue weighted by Crippen LogP contribution is 2.25. The normalized spacial score (nSPS) is 22.1. The molecule has 22 heavy (non-hydrogen) atoms. The summed E-state index contributed by atoms with van der Waals surface area (Å²) in [4.78, 5) is 4.37. The van der Waals surface area contributed by atoms with Gasteiger partial charge in [0.1, 0.15) is 6.17 Å². The van der Waals surface area contributed by atoms with Crippen LogP contribution in [0.2, 0.25) is 5.02 Å². The van der Waals surface area contributed by atoms with Gasteiger partial charge < -0.3 is 10.6 Å². The van der Waals surface area contributed by atoms with Gasteiger partial charge in [0.25, 0.3) is 0 Å². The highest BCUT2D eigenvalue weighted by Gasteiger charge is 2.23. The third-order valence-electron chi connectivity index (χ3n) is 4.27. The van der Waals surface area contributed by atoms with Crippen LogP contribution < -0.4 is 10.6 Å². The number of alkyl halides is 1. The van der Waals surface area contributed by atoms with E-state index in [0.29, 0.717) is 11.6 Å². The van der Waals surface area contributed by atoms with Crippen LogP contribution in [0.4, 0.5) is 4.39 Å². The van der Waals surface area contributed by atoms with Crippen molar-refractivity contribution in [2.24, 2.45) is 0 Å². The molecule has 2 heterocycles. The second-order valence-electron chi connectivity index (χ2n) is 5.92. The standard InChI is InChI=1S/C17H21ClFN3/c1-11-2-3-16-13(8-11)12(14(18)9-22-16)4-7-21-17-5-6-20-10-15(17)19/h2-3,8-9,15,17,20-21H,4-7,10H2,1H3/t15-,17+/m0/s1. The number of nitrogens with zero attached hydrogens (tertiary/aromatic N) is 1. The summed E-state index contributed by atoms with van der Waals surface area (Å²) in [6.07, 6.45) is 2.49. The molecule has 0 saturated carbocycles. The van der Waals surface area contributed by atoms with E-state index in [4.69, 9.17) is 11.6 Å². The van der Waals surface area contributed by atoms with E-state index in [1.54, 1.807) is 6.20 Å². The van der Waals surface area contributed by atoms with E-state index in [1.807, 2.05) is 12.1 Å². The number of nitrogens with one attached hydrogen (secondary N) is 2. The summed E-state index contributed by atoms with van der Waals surface area (Å²) in [6, 6.07) is 6.12. The Bertz CT molecular complexity index is 656. The van der Waals surface area contributed by atoms with Gasteiger partial charge in [-0.3, -0.25) is 4.98 Å². The number of hydrogen-bond acceptors (Lipinski definition) is 3. The van der Waals surface area contributed by atoms with E-state index in [0.717, 1.165) is 42.4 Å². The van der Waals surface area contributed by atoms with Crippen LogP contribution in [-0.4, -0.2) is 36.8 Å². The Labute approximate surface area is 135 Å². The predicted molar refractivity (Wildman–Crippen MR) is 89.4 cm³/mol. The van der Waals surface area contributed by atoms with Gasteiger partial charge in [0, 0.05) is 24.2 Å². The first kappa shape index (κ1) is 15.7. The van der Waals surface area contributed by atoms with E-state index >= 15 is 0 Å². The van der Waals surface area contributed by atoms with Crippen LogP contribution in [0.1, 0.15) is 17.5 Å². The summed E-state index contributed by atoms with van der Waals surface area (Å²) in [5.41, 5.74) is 3.23. The Hall–Kier alpha value is -1.23. The molecule has 0 unspecified atom stereocenters. The molecule has 0 bridgehead atoms. The van der Waals surface area contributed by atoms with Gasteiger partial charge in [0.15, 0.2) is 0 Å². The molecule has 2 atom stereocenters. The number of benzene rings is 1. The molecule has 3 nitrogen and oxygen atoms in total. The van der Waals surface area contributed by atoms with Gasteiger partial charge in [0.2, 0.25) is 0 Å². The summed E-state index contributed by atoms with van der Waals surface area (Å²) in [6.45, 7) is 4.09. The van der Waals surface area contributed by atoms with Gasteiger partial charge >= 0.3 is 0 Å². The van der Waals surface area contributed by atoms with Gasteiger partial charge in [-0.2, -0.15) is 0 Å². The van der Waals surface area contributed by atoms with Gasteiger partial charge in [-0.15, -0.1) is 0 Å². The molecule has 3 rings (SSSR count). The molecule has 1 aliphatic heterocycles. The molecule has 1 aromatic heterocycles. The van der Waals surface area contributed by atoms with E-state index < -0.39 is 6.17 Å². The molecule has 0 spiro atoms. The lowest BCUT2D eigenvalue weighted by Crippen LogP contribution is -2.49. The topological polar surface area (TPSA) is 37.0 Å². The van der Waals surface area contributed by atoms with Crippen molar-refractivity contribution < 1.29 is 4.39 Å². The Kier molecular flexibility index (Phi) is 4.91. The summed E-state index contributed by atoms with van der Waals surface area (Å²) in [5, 5.41) is 8.18. The highest BCUT2D eigenvalue weighted by molar-refractivity contribution is 6.32. The minimum atomic E-state index is -0.819. The average molecular weight is 322 g/mol. The number of hydrogen-bond donors (Lipinski definition) is 2. The first-order valence-corrected chi connectivity index (χ1v) is 8.15. The number of piperidine rings is 1. The maximum absolute atomic E-state index is 13.8. The number of halogens is 2. The van der Waals surface area contributed by atoms with Gasteiger partial charge in [-0.05, 0) is 50.6 Å². The molecular formula is C17H21ClFN3. The Morgan fingerprint density at radius 2 is 2.32 bits per heavy atom. The maximum Gasteiger partial charge on any atom is 0.128 e. The third kappa shape index (κ3) is 3.40. The molecule has 2 aromatic rings. The van der Waals surface area contributed by atoms with Crippen LogP contribution in [0.5, 0.6) is 0 Å². The van der Waals surface area contributed by atoms with Crippen LogP contribution in [-0.2, 0) is 6.42 Å². The highest BCUT2D eigenvalue weighted by atomic mass is 35.5. The van der Waals surface area contributed by atoms with Crippen molar-refractivity contribution in [2.75, 3.05) is 19.6 Å². The molecule has 118 valence electrons. The van der Waals surface area contributed by atoms with E-state index in [-0.39, 0.29) is 6.04 Å². The first-order chi connectivity index (χ1) is 10.6. The van der Waals surface area contributed by atoms with Crippen LogP contribution >= 0.6 is 11.6 Å². The van der Waals surface area contributed by atoms with E-state index in [9.17, 15) is 4.39 Å². The lowest BCUT2D eigenvalue weighted by atomic mass is 10.0. The van der Waals surface area contributed by atoms with Crippen LogP contribution in [0.15, 0.2) is 24.4 Å². The summed E-state index contributed by atoms with van der Waals surface area (Å²) < 4.78 is 13.8.